The first-order valence-corrected chi connectivity index (χ1v) is 8.67. The van der Waals surface area contributed by atoms with Crippen molar-refractivity contribution in [1.82, 2.24) is 0 Å². The fourth-order valence-corrected chi connectivity index (χ4v) is 3.34. The molecule has 0 radical (unpaired) electrons. The summed E-state index contributed by atoms with van der Waals surface area (Å²) in [6, 6.07) is 4.62. The summed E-state index contributed by atoms with van der Waals surface area (Å²) in [5, 5.41) is 43.1. The number of urea groups is 1. The molecule has 2 amide bonds. The summed E-state index contributed by atoms with van der Waals surface area (Å²) in [6.07, 6.45) is 0.411. The van der Waals surface area contributed by atoms with Gasteiger partial charge in [0.2, 0.25) is 11.5 Å². The lowest BCUT2D eigenvalue weighted by molar-refractivity contribution is -0.386. The van der Waals surface area contributed by atoms with Crippen LogP contribution in [0.15, 0.2) is 24.3 Å². The van der Waals surface area contributed by atoms with Crippen LogP contribution in [0.2, 0.25) is 0 Å². The Kier molecular flexibility index (Phi) is 4.97. The molecule has 2 aromatic rings. The van der Waals surface area contributed by atoms with Crippen molar-refractivity contribution in [3.63, 3.8) is 0 Å². The molecule has 1 fully saturated rings. The molecule has 0 aliphatic carbocycles. The van der Waals surface area contributed by atoms with Gasteiger partial charge in [-0.3, -0.25) is 30.0 Å². The molecule has 0 aromatic heterocycles. The maximum absolute atomic E-state index is 13.1. The van der Waals surface area contributed by atoms with Crippen LogP contribution in [0.25, 0.3) is 0 Å². The molecule has 0 unspecified atom stereocenters. The first-order valence-electron chi connectivity index (χ1n) is 8.67. The minimum absolute atomic E-state index is 0.0342. The Labute approximate surface area is 164 Å². The van der Waals surface area contributed by atoms with Gasteiger partial charge in [0, 0.05) is 25.2 Å². The standard InChI is InChI=1S/C18H18N4O7/c1-10-6-12(16(23)14(8-10)21(26)27)19-4-3-5-20(18(19)25)13-7-11(2)9-15(17(13)24)22(28)29/h6-9,23-24H,3-5H2,1-2H3. The lowest BCUT2D eigenvalue weighted by atomic mass is 10.1. The predicted octanol–water partition coefficient (Wildman–Crippen LogP) is 3.37. The van der Waals surface area contributed by atoms with Crippen molar-refractivity contribution < 1.29 is 24.9 Å². The van der Waals surface area contributed by atoms with Crippen molar-refractivity contribution in [2.75, 3.05) is 22.9 Å². The minimum Gasteiger partial charge on any atom is -0.501 e. The highest BCUT2D eigenvalue weighted by atomic mass is 16.6. The Morgan fingerprint density at radius 1 is 0.828 bits per heavy atom. The summed E-state index contributed by atoms with van der Waals surface area (Å²) in [6.45, 7) is 3.55. The van der Waals surface area contributed by atoms with Gasteiger partial charge >= 0.3 is 17.4 Å². The molecular weight excluding hydrogens is 384 g/mol. The zero-order chi connectivity index (χ0) is 21.5. The SMILES string of the molecule is Cc1cc(N2CCCN(c3cc(C)cc([N+](=O)[O-])c3O)C2=O)c(O)c([N+](=O)[O-])c1. The first kappa shape index (κ1) is 19.9. The summed E-state index contributed by atoms with van der Waals surface area (Å²) in [4.78, 5) is 36.3. The summed E-state index contributed by atoms with van der Waals surface area (Å²) in [5.74, 6) is -1.29. The van der Waals surface area contributed by atoms with E-state index in [2.05, 4.69) is 0 Å². The van der Waals surface area contributed by atoms with Crippen LogP contribution in [0, 0.1) is 34.1 Å². The average molecular weight is 402 g/mol. The smallest absolute Gasteiger partial charge is 0.329 e. The fraction of sp³-hybridized carbons (Fsp3) is 0.278. The number of phenolic OH excluding ortho intramolecular Hbond substituents is 2. The van der Waals surface area contributed by atoms with Crippen LogP contribution in [0.3, 0.4) is 0 Å². The van der Waals surface area contributed by atoms with Crippen molar-refractivity contribution >= 4 is 28.8 Å². The van der Waals surface area contributed by atoms with E-state index in [1.807, 2.05) is 0 Å². The number of hydrogen-bond acceptors (Lipinski definition) is 7. The Hall–Kier alpha value is -3.89. The second-order valence-electron chi connectivity index (χ2n) is 6.76. The number of carbonyl (C=O) groups is 1. The number of aromatic hydroxyl groups is 2. The average Bonchev–Trinajstić information content (AvgIpc) is 2.65. The minimum atomic E-state index is -0.742. The van der Waals surface area contributed by atoms with E-state index in [-0.39, 0.29) is 24.5 Å². The van der Waals surface area contributed by atoms with Crippen LogP contribution in [0.4, 0.5) is 27.5 Å². The maximum atomic E-state index is 13.1. The molecule has 0 spiro atoms. The molecule has 0 bridgehead atoms. The largest absolute Gasteiger partial charge is 0.501 e. The molecule has 0 atom stereocenters. The molecule has 29 heavy (non-hydrogen) atoms. The van der Waals surface area contributed by atoms with E-state index in [4.69, 9.17) is 0 Å². The van der Waals surface area contributed by atoms with E-state index in [0.29, 0.717) is 17.5 Å². The van der Waals surface area contributed by atoms with E-state index < -0.39 is 38.8 Å². The van der Waals surface area contributed by atoms with Gasteiger partial charge in [0.25, 0.3) is 0 Å². The molecule has 11 nitrogen and oxygen atoms in total. The number of nitro benzene ring substituents is 2. The quantitative estimate of drug-likeness (QED) is 0.588. The highest BCUT2D eigenvalue weighted by Gasteiger charge is 2.34. The number of anilines is 2. The number of amides is 2. The Morgan fingerprint density at radius 3 is 1.55 bits per heavy atom. The zero-order valence-corrected chi connectivity index (χ0v) is 15.7. The van der Waals surface area contributed by atoms with E-state index in [1.54, 1.807) is 13.8 Å². The number of benzene rings is 2. The van der Waals surface area contributed by atoms with Gasteiger partial charge in [-0.15, -0.1) is 0 Å². The molecule has 11 heteroatoms. The number of carbonyl (C=O) groups excluding carboxylic acids is 1. The number of phenols is 2. The van der Waals surface area contributed by atoms with Crippen LogP contribution < -0.4 is 9.80 Å². The van der Waals surface area contributed by atoms with Crippen LogP contribution in [0.1, 0.15) is 17.5 Å². The highest BCUT2D eigenvalue weighted by Crippen LogP contribution is 2.42. The molecule has 1 aliphatic rings. The number of nitrogens with zero attached hydrogens (tertiary/aromatic N) is 4. The summed E-state index contributed by atoms with van der Waals surface area (Å²) < 4.78 is 0. The van der Waals surface area contributed by atoms with Crippen molar-refractivity contribution in [2.45, 2.75) is 20.3 Å². The summed E-state index contributed by atoms with van der Waals surface area (Å²) in [5.41, 5.74) is -0.175. The Bertz CT molecular complexity index is 958. The van der Waals surface area contributed by atoms with E-state index in [1.165, 1.54) is 24.3 Å². The topological polar surface area (TPSA) is 150 Å². The molecule has 3 rings (SSSR count). The normalized spacial score (nSPS) is 14.2. The molecule has 1 aliphatic heterocycles. The number of nitro groups is 2. The third-order valence-electron chi connectivity index (χ3n) is 4.63. The van der Waals surface area contributed by atoms with Gasteiger partial charge in [-0.1, -0.05) is 0 Å². The van der Waals surface area contributed by atoms with Crippen LogP contribution in [0.5, 0.6) is 11.5 Å². The van der Waals surface area contributed by atoms with Crippen molar-refractivity contribution in [1.29, 1.82) is 0 Å². The van der Waals surface area contributed by atoms with Gasteiger partial charge in [0.15, 0.2) is 0 Å². The molecule has 2 N–H and O–H groups in total. The highest BCUT2D eigenvalue weighted by molar-refractivity contribution is 6.06. The lowest BCUT2D eigenvalue weighted by Gasteiger charge is -2.36. The Morgan fingerprint density at radius 2 is 1.21 bits per heavy atom. The van der Waals surface area contributed by atoms with Gasteiger partial charge in [-0.2, -0.15) is 0 Å². The van der Waals surface area contributed by atoms with E-state index >= 15 is 0 Å². The molecule has 0 saturated carbocycles. The summed E-state index contributed by atoms with van der Waals surface area (Å²) in [7, 11) is 0. The van der Waals surface area contributed by atoms with E-state index in [9.17, 15) is 35.2 Å². The first-order chi connectivity index (χ1) is 13.6. The zero-order valence-electron chi connectivity index (χ0n) is 15.7. The molecule has 1 heterocycles. The number of rotatable bonds is 4. The lowest BCUT2D eigenvalue weighted by Crippen LogP contribution is -2.49. The second-order valence-corrected chi connectivity index (χ2v) is 6.76. The molecule has 2 aromatic carbocycles. The van der Waals surface area contributed by atoms with E-state index in [0.717, 1.165) is 9.80 Å². The van der Waals surface area contributed by atoms with Gasteiger partial charge < -0.3 is 10.2 Å². The fourth-order valence-electron chi connectivity index (χ4n) is 3.34. The third kappa shape index (κ3) is 3.49. The van der Waals surface area contributed by atoms with Crippen molar-refractivity contribution in [3.8, 4) is 11.5 Å². The summed E-state index contributed by atoms with van der Waals surface area (Å²) >= 11 is 0. The van der Waals surface area contributed by atoms with Crippen LogP contribution in [-0.2, 0) is 0 Å². The predicted molar refractivity (Wildman–Crippen MR) is 104 cm³/mol. The molecular formula is C18H18N4O7. The molecule has 1 saturated heterocycles. The van der Waals surface area contributed by atoms with Crippen LogP contribution >= 0.6 is 0 Å². The second kappa shape index (κ2) is 7.26. The van der Waals surface area contributed by atoms with Crippen molar-refractivity contribution in [2.24, 2.45) is 0 Å². The van der Waals surface area contributed by atoms with Gasteiger partial charge in [0.05, 0.1) is 21.2 Å². The molecule has 152 valence electrons. The monoisotopic (exact) mass is 402 g/mol. The van der Waals surface area contributed by atoms with Crippen LogP contribution in [-0.4, -0.2) is 39.2 Å². The van der Waals surface area contributed by atoms with Crippen molar-refractivity contribution in [3.05, 3.63) is 55.6 Å². The maximum Gasteiger partial charge on any atom is 0.329 e. The van der Waals surface area contributed by atoms with Gasteiger partial charge in [-0.25, -0.2) is 4.79 Å². The van der Waals surface area contributed by atoms with Gasteiger partial charge in [-0.05, 0) is 43.5 Å². The number of hydrogen-bond donors (Lipinski definition) is 2. The van der Waals surface area contributed by atoms with Gasteiger partial charge in [0.1, 0.15) is 0 Å². The Balaban J connectivity index is 2.08. The third-order valence-corrected chi connectivity index (χ3v) is 4.63. The number of aryl methyl sites for hydroxylation is 2.